The van der Waals surface area contributed by atoms with Gasteiger partial charge in [0, 0.05) is 30.6 Å². The summed E-state index contributed by atoms with van der Waals surface area (Å²) in [6, 6.07) is 6.63. The minimum absolute atomic E-state index is 0.0954. The molecule has 1 unspecified atom stereocenters. The minimum Gasteiger partial charge on any atom is -0.466 e. The highest BCUT2D eigenvalue weighted by Gasteiger charge is 2.33. The molecule has 2 aromatic rings. The van der Waals surface area contributed by atoms with Crippen molar-refractivity contribution >= 4 is 39.4 Å². The van der Waals surface area contributed by atoms with Crippen LogP contribution in [0.4, 0.5) is 19.3 Å². The molecule has 1 aliphatic rings. The zero-order valence-electron chi connectivity index (χ0n) is 20.5. The van der Waals surface area contributed by atoms with Gasteiger partial charge in [-0.2, -0.15) is 0 Å². The van der Waals surface area contributed by atoms with Crippen LogP contribution < -0.4 is 4.31 Å². The first kappa shape index (κ1) is 28.6. The number of nitrogens with zero attached hydrogens (tertiary/aromatic N) is 2. The Bertz CT molecular complexity index is 1200. The fraction of sp³-hybridized carbons (Fsp3) is 0.440. The number of carbonyl (C=O) groups excluding carboxylic acids is 2. The number of amides is 1. The highest BCUT2D eigenvalue weighted by atomic mass is 35.5. The van der Waals surface area contributed by atoms with E-state index in [0.717, 1.165) is 18.2 Å². The molecule has 2 aromatic carbocycles. The normalized spacial score (nSPS) is 15.2. The predicted octanol–water partition coefficient (Wildman–Crippen LogP) is 5.00. The van der Waals surface area contributed by atoms with Crippen LogP contribution in [0.3, 0.4) is 0 Å². The summed E-state index contributed by atoms with van der Waals surface area (Å²) in [6.45, 7) is 3.79. The Labute approximate surface area is 220 Å². The Hall–Kier alpha value is -2.92. The SMILES string of the molecule is CCOC(=O)CC1CCN(C(=O)OCC(C)N(c2cc(F)ccc2F)S(=O)(=O)c2ccc(Cl)cc2)CC1. The smallest absolute Gasteiger partial charge is 0.409 e. The van der Waals surface area contributed by atoms with Crippen LogP contribution in [0.25, 0.3) is 0 Å². The monoisotopic (exact) mass is 558 g/mol. The van der Waals surface area contributed by atoms with Crippen molar-refractivity contribution in [3.05, 3.63) is 59.1 Å². The minimum atomic E-state index is -4.39. The summed E-state index contributed by atoms with van der Waals surface area (Å²) in [5.74, 6) is -1.97. The average Bonchev–Trinajstić information content (AvgIpc) is 2.85. The summed E-state index contributed by atoms with van der Waals surface area (Å²) < 4.78 is 66.7. The summed E-state index contributed by atoms with van der Waals surface area (Å²) in [4.78, 5) is 25.6. The lowest BCUT2D eigenvalue weighted by atomic mass is 9.94. The number of sulfonamides is 1. The molecule has 12 heteroatoms. The molecule has 0 aliphatic carbocycles. The molecule has 1 saturated heterocycles. The van der Waals surface area contributed by atoms with Crippen LogP contribution in [0.1, 0.15) is 33.1 Å². The zero-order valence-corrected chi connectivity index (χ0v) is 22.1. The van der Waals surface area contributed by atoms with Crippen LogP contribution >= 0.6 is 11.6 Å². The van der Waals surface area contributed by atoms with Crippen LogP contribution in [0, 0.1) is 17.6 Å². The van der Waals surface area contributed by atoms with Gasteiger partial charge in [0.05, 0.1) is 23.2 Å². The van der Waals surface area contributed by atoms with E-state index in [0.29, 0.717) is 41.9 Å². The number of hydrogen-bond donors (Lipinski definition) is 0. The second-order valence-electron chi connectivity index (χ2n) is 8.72. The van der Waals surface area contributed by atoms with E-state index in [1.807, 2.05) is 0 Å². The molecule has 0 bridgehead atoms. The number of ether oxygens (including phenoxy) is 2. The van der Waals surface area contributed by atoms with E-state index in [1.54, 1.807) is 6.92 Å². The molecule has 8 nitrogen and oxygen atoms in total. The van der Waals surface area contributed by atoms with Crippen molar-refractivity contribution in [2.24, 2.45) is 5.92 Å². The van der Waals surface area contributed by atoms with Gasteiger partial charge in [-0.15, -0.1) is 0 Å². The van der Waals surface area contributed by atoms with Crippen molar-refractivity contribution in [2.75, 3.05) is 30.6 Å². The summed E-state index contributed by atoms with van der Waals surface area (Å²) in [6.07, 6.45) is 0.805. The van der Waals surface area contributed by atoms with Gasteiger partial charge in [0.15, 0.2) is 0 Å². The maximum absolute atomic E-state index is 14.7. The van der Waals surface area contributed by atoms with Gasteiger partial charge in [-0.3, -0.25) is 9.10 Å². The standard InChI is InChI=1S/C25H29ClF2N2O6S/c1-3-35-24(31)14-18-10-12-29(13-11-18)25(32)36-16-17(2)30(23-15-20(27)6-9-22(23)28)37(33,34)21-7-4-19(26)5-8-21/h4-9,15,17-18H,3,10-14,16H2,1-2H3. The maximum Gasteiger partial charge on any atom is 0.409 e. The molecule has 202 valence electrons. The molecule has 0 saturated carbocycles. The Balaban J connectivity index is 1.72. The third kappa shape index (κ3) is 7.32. The predicted molar refractivity (Wildman–Crippen MR) is 134 cm³/mol. The first-order valence-electron chi connectivity index (χ1n) is 11.8. The molecule has 1 aliphatic heterocycles. The fourth-order valence-electron chi connectivity index (χ4n) is 4.10. The molecule has 37 heavy (non-hydrogen) atoms. The number of piperidine rings is 1. The van der Waals surface area contributed by atoms with E-state index in [4.69, 9.17) is 21.1 Å². The van der Waals surface area contributed by atoms with Crippen molar-refractivity contribution < 1.29 is 36.3 Å². The van der Waals surface area contributed by atoms with Gasteiger partial charge >= 0.3 is 12.1 Å². The lowest BCUT2D eigenvalue weighted by molar-refractivity contribution is -0.144. The summed E-state index contributed by atoms with van der Waals surface area (Å²) in [5, 5.41) is 0.301. The van der Waals surface area contributed by atoms with E-state index in [9.17, 15) is 26.8 Å². The van der Waals surface area contributed by atoms with E-state index < -0.39 is 46.1 Å². The second-order valence-corrected chi connectivity index (χ2v) is 11.0. The van der Waals surface area contributed by atoms with Crippen molar-refractivity contribution in [3.63, 3.8) is 0 Å². The third-order valence-electron chi connectivity index (χ3n) is 6.00. The summed E-state index contributed by atoms with van der Waals surface area (Å²) in [7, 11) is -4.39. The Kier molecular flexibility index (Phi) is 9.72. The Morgan fingerprint density at radius 3 is 2.38 bits per heavy atom. The largest absolute Gasteiger partial charge is 0.466 e. The molecule has 1 amide bonds. The molecule has 1 fully saturated rings. The van der Waals surface area contributed by atoms with Gasteiger partial charge in [0.25, 0.3) is 10.0 Å². The molecular weight excluding hydrogens is 530 g/mol. The Morgan fingerprint density at radius 1 is 1.11 bits per heavy atom. The molecule has 0 N–H and O–H groups in total. The fourth-order valence-corrected chi connectivity index (χ4v) is 5.87. The summed E-state index contributed by atoms with van der Waals surface area (Å²) >= 11 is 5.87. The lowest BCUT2D eigenvalue weighted by Gasteiger charge is -2.33. The van der Waals surface area contributed by atoms with Crippen LogP contribution in [-0.4, -0.2) is 57.7 Å². The second kappa shape index (κ2) is 12.6. The number of hydrogen-bond acceptors (Lipinski definition) is 6. The van der Waals surface area contributed by atoms with Gasteiger partial charge in [-0.1, -0.05) is 11.6 Å². The molecule has 1 atom stereocenters. The third-order valence-corrected chi connectivity index (χ3v) is 8.19. The first-order valence-corrected chi connectivity index (χ1v) is 13.7. The molecular formula is C25H29ClF2N2O6S. The number of benzene rings is 2. The highest BCUT2D eigenvalue weighted by molar-refractivity contribution is 7.92. The van der Waals surface area contributed by atoms with Crippen molar-refractivity contribution in [1.82, 2.24) is 4.90 Å². The maximum atomic E-state index is 14.7. The number of likely N-dealkylation sites (tertiary alicyclic amines) is 1. The number of anilines is 1. The van der Waals surface area contributed by atoms with Crippen LogP contribution in [-0.2, 0) is 24.3 Å². The van der Waals surface area contributed by atoms with E-state index in [-0.39, 0.29) is 23.2 Å². The van der Waals surface area contributed by atoms with Crippen LogP contribution in [0.2, 0.25) is 5.02 Å². The van der Waals surface area contributed by atoms with Gasteiger partial charge in [0.1, 0.15) is 18.2 Å². The van der Waals surface area contributed by atoms with E-state index in [1.165, 1.54) is 36.1 Å². The quantitative estimate of drug-likeness (QED) is 0.402. The molecule has 3 rings (SSSR count). The van der Waals surface area contributed by atoms with Crippen molar-refractivity contribution in [1.29, 1.82) is 0 Å². The molecule has 1 heterocycles. The molecule has 0 aromatic heterocycles. The van der Waals surface area contributed by atoms with Crippen molar-refractivity contribution in [3.8, 4) is 0 Å². The van der Waals surface area contributed by atoms with Crippen LogP contribution in [0.15, 0.2) is 47.4 Å². The van der Waals surface area contributed by atoms with Crippen molar-refractivity contribution in [2.45, 2.75) is 44.0 Å². The lowest BCUT2D eigenvalue weighted by Crippen LogP contribution is -2.44. The summed E-state index contributed by atoms with van der Waals surface area (Å²) in [5.41, 5.74) is -0.515. The van der Waals surface area contributed by atoms with E-state index >= 15 is 0 Å². The average molecular weight is 559 g/mol. The molecule has 0 spiro atoms. The number of rotatable bonds is 9. The van der Waals surface area contributed by atoms with Gasteiger partial charge in [0.2, 0.25) is 0 Å². The van der Waals surface area contributed by atoms with E-state index in [2.05, 4.69) is 0 Å². The van der Waals surface area contributed by atoms with Gasteiger partial charge in [-0.05, 0) is 69.0 Å². The first-order chi connectivity index (χ1) is 17.5. The van der Waals surface area contributed by atoms with Crippen LogP contribution in [0.5, 0.6) is 0 Å². The number of carbonyl (C=O) groups is 2. The topological polar surface area (TPSA) is 93.2 Å². The number of esters is 1. The highest BCUT2D eigenvalue weighted by Crippen LogP contribution is 2.30. The molecule has 0 radical (unpaired) electrons. The Morgan fingerprint density at radius 2 is 1.76 bits per heavy atom. The number of halogens is 3. The van der Waals surface area contributed by atoms with Gasteiger partial charge in [-0.25, -0.2) is 22.0 Å². The zero-order chi connectivity index (χ0) is 27.2. The van der Waals surface area contributed by atoms with Gasteiger partial charge < -0.3 is 14.4 Å².